The Morgan fingerprint density at radius 3 is 2.28 bits per heavy atom. The van der Waals surface area contributed by atoms with Crippen molar-refractivity contribution in [3.05, 3.63) is 44.8 Å². The van der Waals surface area contributed by atoms with Crippen LogP contribution in [0.3, 0.4) is 0 Å². The van der Waals surface area contributed by atoms with Crippen LogP contribution >= 0.6 is 22.7 Å². The Kier molecular flexibility index (Phi) is 4.92. The average molecular weight is 280 g/mol. The van der Waals surface area contributed by atoms with Crippen molar-refractivity contribution in [2.24, 2.45) is 0 Å². The molecule has 3 nitrogen and oxygen atoms in total. The summed E-state index contributed by atoms with van der Waals surface area (Å²) < 4.78 is 0. The molecule has 0 atom stereocenters. The molecule has 2 aromatic heterocycles. The molecule has 2 aromatic rings. The highest BCUT2D eigenvalue weighted by atomic mass is 32.1. The van der Waals surface area contributed by atoms with E-state index in [0.717, 1.165) is 0 Å². The van der Waals surface area contributed by atoms with Gasteiger partial charge in [0.25, 0.3) is 0 Å². The molecule has 0 radical (unpaired) electrons. The van der Waals surface area contributed by atoms with Crippen molar-refractivity contribution in [1.29, 1.82) is 0 Å². The minimum absolute atomic E-state index is 0.0376. The lowest BCUT2D eigenvalue weighted by Crippen LogP contribution is -2.35. The predicted molar refractivity (Wildman–Crippen MR) is 77.2 cm³/mol. The number of rotatable bonds is 6. The Hall–Kier alpha value is -1.17. The maximum Gasteiger partial charge on any atom is 0.233 e. The van der Waals surface area contributed by atoms with E-state index in [4.69, 9.17) is 0 Å². The van der Waals surface area contributed by atoms with Crippen LogP contribution in [0.1, 0.15) is 22.7 Å². The van der Waals surface area contributed by atoms with Gasteiger partial charge in [0.2, 0.25) is 5.91 Å². The van der Waals surface area contributed by atoms with Crippen LogP contribution < -0.4 is 10.6 Å². The maximum atomic E-state index is 11.5. The van der Waals surface area contributed by atoms with Gasteiger partial charge < -0.3 is 5.32 Å². The number of amides is 1. The second-order valence-electron chi connectivity index (χ2n) is 3.80. The highest BCUT2D eigenvalue weighted by molar-refractivity contribution is 7.11. The largest absolute Gasteiger partial charge is 0.355 e. The van der Waals surface area contributed by atoms with Crippen molar-refractivity contribution in [1.82, 2.24) is 10.6 Å². The molecule has 96 valence electrons. The fraction of sp³-hybridized carbons (Fsp3) is 0.308. The first-order valence-electron chi connectivity index (χ1n) is 5.88. The van der Waals surface area contributed by atoms with Gasteiger partial charge in [-0.15, -0.1) is 22.7 Å². The van der Waals surface area contributed by atoms with E-state index in [2.05, 4.69) is 33.5 Å². The highest BCUT2D eigenvalue weighted by Gasteiger charge is 2.16. The van der Waals surface area contributed by atoms with Crippen LogP contribution in [0, 0.1) is 0 Å². The van der Waals surface area contributed by atoms with Crippen LogP contribution in [-0.4, -0.2) is 19.0 Å². The summed E-state index contributed by atoms with van der Waals surface area (Å²) in [6.45, 7) is 2.94. The van der Waals surface area contributed by atoms with Gasteiger partial charge in [0.05, 0.1) is 12.6 Å². The van der Waals surface area contributed by atoms with E-state index in [1.807, 2.05) is 19.1 Å². The molecule has 0 saturated heterocycles. The van der Waals surface area contributed by atoms with Crippen LogP contribution in [-0.2, 0) is 4.79 Å². The van der Waals surface area contributed by atoms with Crippen molar-refractivity contribution in [3.8, 4) is 0 Å². The molecule has 1 amide bonds. The smallest absolute Gasteiger partial charge is 0.233 e. The van der Waals surface area contributed by atoms with Gasteiger partial charge >= 0.3 is 0 Å². The van der Waals surface area contributed by atoms with E-state index >= 15 is 0 Å². The van der Waals surface area contributed by atoms with E-state index in [9.17, 15) is 4.79 Å². The van der Waals surface area contributed by atoms with Crippen LogP contribution in [0.4, 0.5) is 0 Å². The molecule has 0 aliphatic rings. The van der Waals surface area contributed by atoms with Crippen LogP contribution in [0.2, 0.25) is 0 Å². The van der Waals surface area contributed by atoms with Crippen molar-refractivity contribution in [2.75, 3.05) is 13.1 Å². The zero-order valence-corrected chi connectivity index (χ0v) is 11.8. The van der Waals surface area contributed by atoms with E-state index in [-0.39, 0.29) is 11.9 Å². The molecule has 5 heteroatoms. The Balaban J connectivity index is 2.05. The summed E-state index contributed by atoms with van der Waals surface area (Å²) in [5.74, 6) is 0.0376. The van der Waals surface area contributed by atoms with Gasteiger partial charge in [-0.25, -0.2) is 0 Å². The predicted octanol–water partition coefficient (Wildman–Crippen LogP) is 2.62. The van der Waals surface area contributed by atoms with Gasteiger partial charge in [-0.05, 0) is 29.8 Å². The molecular formula is C13H16N2OS2. The molecule has 0 bridgehead atoms. The van der Waals surface area contributed by atoms with E-state index in [1.54, 1.807) is 22.7 Å². The topological polar surface area (TPSA) is 41.1 Å². The van der Waals surface area contributed by atoms with Gasteiger partial charge in [-0.2, -0.15) is 0 Å². The first-order chi connectivity index (χ1) is 8.81. The van der Waals surface area contributed by atoms with Gasteiger partial charge in [0, 0.05) is 16.3 Å². The number of hydrogen-bond donors (Lipinski definition) is 2. The molecule has 0 saturated carbocycles. The molecule has 0 unspecified atom stereocenters. The lowest BCUT2D eigenvalue weighted by atomic mass is 10.2. The second-order valence-corrected chi connectivity index (χ2v) is 5.76. The van der Waals surface area contributed by atoms with E-state index < -0.39 is 0 Å². The molecule has 2 heterocycles. The summed E-state index contributed by atoms with van der Waals surface area (Å²) in [6, 6.07) is 8.38. The number of hydrogen-bond acceptors (Lipinski definition) is 4. The lowest BCUT2D eigenvalue weighted by molar-refractivity contribution is -0.120. The summed E-state index contributed by atoms with van der Waals surface area (Å²) in [5, 5.41) is 10.2. The van der Waals surface area contributed by atoms with E-state index in [0.29, 0.717) is 13.1 Å². The zero-order valence-electron chi connectivity index (χ0n) is 10.2. The van der Waals surface area contributed by atoms with Crippen molar-refractivity contribution in [2.45, 2.75) is 13.0 Å². The Morgan fingerprint density at radius 1 is 1.22 bits per heavy atom. The fourth-order valence-corrected chi connectivity index (χ4v) is 3.42. The monoisotopic (exact) mass is 280 g/mol. The van der Waals surface area contributed by atoms with Gasteiger partial charge in [0.1, 0.15) is 0 Å². The third kappa shape index (κ3) is 3.41. The average Bonchev–Trinajstić information content (AvgIpc) is 3.02. The zero-order chi connectivity index (χ0) is 12.8. The van der Waals surface area contributed by atoms with Crippen LogP contribution in [0.25, 0.3) is 0 Å². The third-order valence-electron chi connectivity index (χ3n) is 2.50. The minimum Gasteiger partial charge on any atom is -0.355 e. The summed E-state index contributed by atoms with van der Waals surface area (Å²) >= 11 is 3.41. The summed E-state index contributed by atoms with van der Waals surface area (Å²) in [7, 11) is 0. The minimum atomic E-state index is 0.0376. The number of nitrogens with one attached hydrogen (secondary N) is 2. The lowest BCUT2D eigenvalue weighted by Gasteiger charge is -2.15. The van der Waals surface area contributed by atoms with Crippen molar-refractivity contribution < 1.29 is 4.79 Å². The van der Waals surface area contributed by atoms with Crippen molar-refractivity contribution in [3.63, 3.8) is 0 Å². The standard InChI is InChI=1S/C13H16N2OS2/c1-2-14-12(16)9-15-13(10-5-3-7-17-10)11-6-4-8-18-11/h3-8,13,15H,2,9H2,1H3,(H,14,16). The third-order valence-corrected chi connectivity index (χ3v) is 4.37. The molecule has 0 aliphatic heterocycles. The molecule has 0 aliphatic carbocycles. The first-order valence-corrected chi connectivity index (χ1v) is 7.64. The summed E-state index contributed by atoms with van der Waals surface area (Å²) in [4.78, 5) is 14.0. The van der Waals surface area contributed by atoms with Crippen LogP contribution in [0.5, 0.6) is 0 Å². The maximum absolute atomic E-state index is 11.5. The molecule has 0 spiro atoms. The van der Waals surface area contributed by atoms with E-state index in [1.165, 1.54) is 9.75 Å². The number of likely N-dealkylation sites (N-methyl/N-ethyl adjacent to an activating group) is 1. The first kappa shape index (κ1) is 13.3. The molecule has 0 aromatic carbocycles. The summed E-state index contributed by atoms with van der Waals surface area (Å²) in [6.07, 6.45) is 0. The molecule has 0 fully saturated rings. The Morgan fingerprint density at radius 2 is 1.83 bits per heavy atom. The van der Waals surface area contributed by atoms with Gasteiger partial charge in [-0.3, -0.25) is 10.1 Å². The molecular weight excluding hydrogens is 264 g/mol. The van der Waals surface area contributed by atoms with Gasteiger partial charge in [-0.1, -0.05) is 12.1 Å². The Bertz CT molecular complexity index is 431. The fourth-order valence-electron chi connectivity index (χ4n) is 1.71. The normalized spacial score (nSPS) is 10.8. The molecule has 2 rings (SSSR count). The quantitative estimate of drug-likeness (QED) is 0.854. The van der Waals surface area contributed by atoms with Crippen LogP contribution in [0.15, 0.2) is 35.0 Å². The van der Waals surface area contributed by atoms with Crippen molar-refractivity contribution >= 4 is 28.6 Å². The SMILES string of the molecule is CCNC(=O)CNC(c1cccs1)c1cccs1. The number of carbonyl (C=O) groups is 1. The highest BCUT2D eigenvalue weighted by Crippen LogP contribution is 2.28. The molecule has 18 heavy (non-hydrogen) atoms. The van der Waals surface area contributed by atoms with Gasteiger partial charge in [0.15, 0.2) is 0 Å². The molecule has 2 N–H and O–H groups in total. The Labute approximate surface area is 115 Å². The second kappa shape index (κ2) is 6.68. The summed E-state index contributed by atoms with van der Waals surface area (Å²) in [5.41, 5.74) is 0. The number of thiophene rings is 2. The number of carbonyl (C=O) groups excluding carboxylic acids is 1.